The highest BCUT2D eigenvalue weighted by atomic mass is 32.2. The summed E-state index contributed by atoms with van der Waals surface area (Å²) in [7, 11) is 0. The van der Waals surface area contributed by atoms with Crippen LogP contribution in [0.15, 0.2) is 6.20 Å². The zero-order chi connectivity index (χ0) is 13.8. The van der Waals surface area contributed by atoms with Crippen LogP contribution in [-0.4, -0.2) is 38.1 Å². The van der Waals surface area contributed by atoms with E-state index in [1.165, 1.54) is 12.6 Å². The maximum Gasteiger partial charge on any atom is 0.339 e. The molecule has 0 saturated heterocycles. The van der Waals surface area contributed by atoms with Crippen LogP contribution in [0.5, 0.6) is 0 Å². The van der Waals surface area contributed by atoms with E-state index in [9.17, 15) is 4.79 Å². The molecule has 1 saturated carbocycles. The Morgan fingerprint density at radius 3 is 3.00 bits per heavy atom. The van der Waals surface area contributed by atoms with Crippen LogP contribution in [0.1, 0.15) is 42.2 Å². The lowest BCUT2D eigenvalue weighted by Gasteiger charge is -2.13. The molecule has 19 heavy (non-hydrogen) atoms. The number of carboxylic acid groups (broad SMARTS) is 1. The standard InChI is InChI=1S/C13H19N3O2S/c1-3-19-10-5-4-9(6-10)16-13-14-7-11(12(17)18)8(2)15-13/h7,9-10H,3-6H2,1-2H3,(H,17,18)(H,14,15,16). The minimum Gasteiger partial charge on any atom is -0.478 e. The van der Waals surface area contributed by atoms with Gasteiger partial charge in [0.1, 0.15) is 0 Å². The van der Waals surface area contributed by atoms with Crippen LogP contribution in [0.4, 0.5) is 5.95 Å². The van der Waals surface area contributed by atoms with Gasteiger partial charge in [-0.3, -0.25) is 0 Å². The van der Waals surface area contributed by atoms with Crippen molar-refractivity contribution in [1.82, 2.24) is 9.97 Å². The molecule has 6 heteroatoms. The van der Waals surface area contributed by atoms with E-state index >= 15 is 0 Å². The van der Waals surface area contributed by atoms with Gasteiger partial charge in [-0.2, -0.15) is 11.8 Å². The molecule has 2 rings (SSSR count). The summed E-state index contributed by atoms with van der Waals surface area (Å²) in [5, 5.41) is 13.0. The van der Waals surface area contributed by atoms with Crippen LogP contribution < -0.4 is 5.32 Å². The number of aryl methyl sites for hydroxylation is 1. The number of nitrogens with one attached hydrogen (secondary N) is 1. The van der Waals surface area contributed by atoms with Crippen LogP contribution in [0.2, 0.25) is 0 Å². The average Bonchev–Trinajstić information content (AvgIpc) is 2.76. The largest absolute Gasteiger partial charge is 0.478 e. The average molecular weight is 281 g/mol. The predicted molar refractivity (Wildman–Crippen MR) is 76.9 cm³/mol. The summed E-state index contributed by atoms with van der Waals surface area (Å²) in [6.45, 7) is 3.88. The topological polar surface area (TPSA) is 75.1 Å². The molecule has 1 aromatic heterocycles. The lowest BCUT2D eigenvalue weighted by Crippen LogP contribution is -2.18. The van der Waals surface area contributed by atoms with E-state index in [1.807, 2.05) is 11.8 Å². The minimum atomic E-state index is -0.982. The molecule has 2 N–H and O–H groups in total. The predicted octanol–water partition coefficient (Wildman–Crippen LogP) is 2.57. The molecule has 2 unspecified atom stereocenters. The van der Waals surface area contributed by atoms with Crippen molar-refractivity contribution in [2.75, 3.05) is 11.1 Å². The smallest absolute Gasteiger partial charge is 0.339 e. The monoisotopic (exact) mass is 281 g/mol. The summed E-state index contributed by atoms with van der Waals surface area (Å²) in [6.07, 6.45) is 4.85. The molecule has 104 valence electrons. The van der Waals surface area contributed by atoms with Crippen molar-refractivity contribution in [3.8, 4) is 0 Å². The van der Waals surface area contributed by atoms with E-state index in [1.54, 1.807) is 6.92 Å². The van der Waals surface area contributed by atoms with Gasteiger partial charge >= 0.3 is 5.97 Å². The first-order valence-corrected chi connectivity index (χ1v) is 7.60. The van der Waals surface area contributed by atoms with E-state index in [-0.39, 0.29) is 5.56 Å². The van der Waals surface area contributed by atoms with Gasteiger partial charge in [0.15, 0.2) is 0 Å². The quantitative estimate of drug-likeness (QED) is 0.864. The molecule has 1 heterocycles. The number of anilines is 1. The van der Waals surface area contributed by atoms with Crippen molar-refractivity contribution < 1.29 is 9.90 Å². The van der Waals surface area contributed by atoms with Gasteiger partial charge in [0.05, 0.1) is 11.3 Å². The second-order valence-corrected chi connectivity index (χ2v) is 6.31. The number of aromatic nitrogens is 2. The highest BCUT2D eigenvalue weighted by Crippen LogP contribution is 2.31. The third-order valence-electron chi connectivity index (χ3n) is 3.33. The summed E-state index contributed by atoms with van der Waals surface area (Å²) in [5.41, 5.74) is 0.666. The van der Waals surface area contributed by atoms with E-state index in [2.05, 4.69) is 22.2 Å². The summed E-state index contributed by atoms with van der Waals surface area (Å²) < 4.78 is 0. The SMILES string of the molecule is CCSC1CCC(Nc2ncc(C(=O)O)c(C)n2)C1. The maximum absolute atomic E-state index is 10.9. The van der Waals surface area contributed by atoms with E-state index in [4.69, 9.17) is 5.11 Å². The van der Waals surface area contributed by atoms with Gasteiger partial charge < -0.3 is 10.4 Å². The van der Waals surface area contributed by atoms with Crippen molar-refractivity contribution in [3.05, 3.63) is 17.5 Å². The van der Waals surface area contributed by atoms with Crippen molar-refractivity contribution in [3.63, 3.8) is 0 Å². The first kappa shape index (κ1) is 14.1. The van der Waals surface area contributed by atoms with Crippen LogP contribution in [0.3, 0.4) is 0 Å². The molecule has 1 fully saturated rings. The summed E-state index contributed by atoms with van der Waals surface area (Å²) in [6, 6.07) is 0.402. The molecular formula is C13H19N3O2S. The van der Waals surface area contributed by atoms with Gasteiger partial charge in [-0.25, -0.2) is 14.8 Å². The number of carbonyl (C=O) groups is 1. The molecule has 5 nitrogen and oxygen atoms in total. The van der Waals surface area contributed by atoms with Crippen molar-refractivity contribution in [1.29, 1.82) is 0 Å². The number of aromatic carboxylic acids is 1. The van der Waals surface area contributed by atoms with E-state index in [0.29, 0.717) is 17.7 Å². The lowest BCUT2D eigenvalue weighted by molar-refractivity contribution is 0.0695. The number of hydrogen-bond donors (Lipinski definition) is 2. The molecule has 1 aliphatic carbocycles. The molecule has 0 spiro atoms. The second kappa shape index (κ2) is 6.23. The third kappa shape index (κ3) is 3.59. The zero-order valence-electron chi connectivity index (χ0n) is 11.2. The second-order valence-electron chi connectivity index (χ2n) is 4.73. The Morgan fingerprint density at radius 1 is 1.58 bits per heavy atom. The summed E-state index contributed by atoms with van der Waals surface area (Å²) in [5.74, 6) is 0.708. The van der Waals surface area contributed by atoms with Crippen LogP contribution in [0, 0.1) is 6.92 Å². The van der Waals surface area contributed by atoms with E-state index < -0.39 is 5.97 Å². The Balaban J connectivity index is 1.97. The number of thioether (sulfide) groups is 1. The highest BCUT2D eigenvalue weighted by Gasteiger charge is 2.25. The Labute approximate surface area is 117 Å². The van der Waals surface area contributed by atoms with Gasteiger partial charge in [-0.15, -0.1) is 0 Å². The van der Waals surface area contributed by atoms with Crippen LogP contribution >= 0.6 is 11.8 Å². The number of rotatable bonds is 5. The molecule has 0 aromatic carbocycles. The van der Waals surface area contributed by atoms with Crippen molar-refractivity contribution in [2.24, 2.45) is 0 Å². The minimum absolute atomic E-state index is 0.163. The highest BCUT2D eigenvalue weighted by molar-refractivity contribution is 7.99. The Morgan fingerprint density at radius 2 is 2.37 bits per heavy atom. The van der Waals surface area contributed by atoms with Crippen molar-refractivity contribution in [2.45, 2.75) is 44.4 Å². The number of carboxylic acids is 1. The molecular weight excluding hydrogens is 262 g/mol. The molecule has 1 aliphatic rings. The summed E-state index contributed by atoms with van der Waals surface area (Å²) >= 11 is 2.00. The molecule has 0 aliphatic heterocycles. The Bertz CT molecular complexity index is 467. The number of nitrogens with zero attached hydrogens (tertiary/aromatic N) is 2. The van der Waals surface area contributed by atoms with E-state index in [0.717, 1.165) is 23.8 Å². The first-order valence-electron chi connectivity index (χ1n) is 6.55. The van der Waals surface area contributed by atoms with Gasteiger partial charge in [0, 0.05) is 17.5 Å². The number of hydrogen-bond acceptors (Lipinski definition) is 5. The fourth-order valence-corrected chi connectivity index (χ4v) is 3.53. The van der Waals surface area contributed by atoms with Gasteiger partial charge in [-0.05, 0) is 31.9 Å². The maximum atomic E-state index is 10.9. The van der Waals surface area contributed by atoms with Gasteiger partial charge in [0.25, 0.3) is 0 Å². The molecule has 1 aromatic rings. The van der Waals surface area contributed by atoms with Crippen LogP contribution in [-0.2, 0) is 0 Å². The molecule has 0 bridgehead atoms. The van der Waals surface area contributed by atoms with Gasteiger partial charge in [0.2, 0.25) is 5.95 Å². The molecule has 0 amide bonds. The summed E-state index contributed by atoms with van der Waals surface area (Å²) in [4.78, 5) is 19.2. The normalized spacial score (nSPS) is 22.4. The molecule has 2 atom stereocenters. The van der Waals surface area contributed by atoms with Crippen molar-refractivity contribution >= 4 is 23.7 Å². The molecule has 0 radical (unpaired) electrons. The van der Waals surface area contributed by atoms with Crippen LogP contribution in [0.25, 0.3) is 0 Å². The fraction of sp³-hybridized carbons (Fsp3) is 0.615. The lowest BCUT2D eigenvalue weighted by atomic mass is 10.2. The first-order chi connectivity index (χ1) is 9.10. The van der Waals surface area contributed by atoms with Gasteiger partial charge in [-0.1, -0.05) is 6.92 Å². The Kier molecular flexibility index (Phi) is 4.63. The fourth-order valence-electron chi connectivity index (χ4n) is 2.39. The third-order valence-corrected chi connectivity index (χ3v) is 4.56. The Hall–Kier alpha value is -1.30. The zero-order valence-corrected chi connectivity index (χ0v) is 12.0.